The van der Waals surface area contributed by atoms with Crippen molar-refractivity contribution in [3.63, 3.8) is 0 Å². The maximum Gasteiger partial charge on any atom is 0.246 e. The molecule has 0 saturated carbocycles. The van der Waals surface area contributed by atoms with Gasteiger partial charge in [-0.1, -0.05) is 13.0 Å². The number of hydrogen-bond donors (Lipinski definition) is 1. The van der Waals surface area contributed by atoms with Crippen LogP contribution in [0, 0.1) is 0 Å². The molecular formula is C22H30N4O5. The van der Waals surface area contributed by atoms with Gasteiger partial charge in [-0.25, -0.2) is 9.67 Å². The van der Waals surface area contributed by atoms with E-state index in [1.165, 1.54) is 0 Å². The molecule has 9 nitrogen and oxygen atoms in total. The highest BCUT2D eigenvalue weighted by Gasteiger charge is 2.37. The summed E-state index contributed by atoms with van der Waals surface area (Å²) in [6.45, 7) is 4.28. The fourth-order valence-electron chi connectivity index (χ4n) is 4.17. The number of hydrogen-bond acceptors (Lipinski definition) is 7. The van der Waals surface area contributed by atoms with Crippen LogP contribution in [0.1, 0.15) is 61.5 Å². The van der Waals surface area contributed by atoms with Crippen LogP contribution in [-0.2, 0) is 20.8 Å². The molecule has 0 bridgehead atoms. The SMILES string of the molecule is CCCn1nc(C2CCOCC2)nc1[C@H]1OCC(=O)N[C@@H]1c1ccc(OC)c(OC)c1. The Morgan fingerprint density at radius 1 is 1.19 bits per heavy atom. The first-order valence-electron chi connectivity index (χ1n) is 10.8. The van der Waals surface area contributed by atoms with Crippen LogP contribution in [-0.4, -0.2) is 54.7 Å². The molecule has 2 saturated heterocycles. The van der Waals surface area contributed by atoms with Crippen LogP contribution in [0.25, 0.3) is 0 Å². The molecule has 0 aliphatic carbocycles. The third kappa shape index (κ3) is 4.52. The Bertz CT molecular complexity index is 909. The summed E-state index contributed by atoms with van der Waals surface area (Å²) >= 11 is 0. The summed E-state index contributed by atoms with van der Waals surface area (Å²) in [5, 5.41) is 7.89. The van der Waals surface area contributed by atoms with Crippen molar-refractivity contribution in [2.75, 3.05) is 34.0 Å². The predicted octanol–water partition coefficient (Wildman–Crippen LogP) is 2.53. The highest BCUT2D eigenvalue weighted by Crippen LogP contribution is 2.38. The summed E-state index contributed by atoms with van der Waals surface area (Å²) < 4.78 is 24.3. The van der Waals surface area contributed by atoms with E-state index >= 15 is 0 Å². The lowest BCUT2D eigenvalue weighted by Crippen LogP contribution is -2.42. The molecule has 9 heteroatoms. The fourth-order valence-corrected chi connectivity index (χ4v) is 4.17. The standard InChI is InChI=1S/C22H30N4O5/c1-4-9-26-22(24-21(25-26)14-7-10-30-11-8-14)20-19(23-18(27)13-31-20)15-5-6-16(28-2)17(12-15)29-3/h5-6,12,14,19-20H,4,7-11,13H2,1-3H3,(H,23,27)/t19-,20+/m1/s1. The minimum absolute atomic E-state index is 0.0138. The molecule has 31 heavy (non-hydrogen) atoms. The normalized spacial score (nSPS) is 22.2. The average Bonchev–Trinajstić information content (AvgIpc) is 3.23. The zero-order chi connectivity index (χ0) is 21.8. The van der Waals surface area contributed by atoms with Gasteiger partial charge in [0.05, 0.1) is 20.3 Å². The van der Waals surface area contributed by atoms with Crippen molar-refractivity contribution in [1.82, 2.24) is 20.1 Å². The van der Waals surface area contributed by atoms with Gasteiger partial charge in [-0.05, 0) is 37.0 Å². The summed E-state index contributed by atoms with van der Waals surface area (Å²) in [5.41, 5.74) is 0.856. The van der Waals surface area contributed by atoms with Crippen LogP contribution in [0.5, 0.6) is 11.5 Å². The van der Waals surface area contributed by atoms with Crippen molar-refractivity contribution in [1.29, 1.82) is 0 Å². The van der Waals surface area contributed by atoms with E-state index in [0.717, 1.165) is 56.2 Å². The maximum absolute atomic E-state index is 12.2. The highest BCUT2D eigenvalue weighted by molar-refractivity contribution is 5.78. The lowest BCUT2D eigenvalue weighted by Gasteiger charge is -2.32. The van der Waals surface area contributed by atoms with E-state index in [4.69, 9.17) is 29.0 Å². The monoisotopic (exact) mass is 430 g/mol. The van der Waals surface area contributed by atoms with Crippen LogP contribution in [0.15, 0.2) is 18.2 Å². The molecule has 1 amide bonds. The molecule has 4 rings (SSSR count). The van der Waals surface area contributed by atoms with Crippen LogP contribution in [0.4, 0.5) is 0 Å². The molecule has 0 radical (unpaired) electrons. The van der Waals surface area contributed by atoms with Crippen molar-refractivity contribution in [2.45, 2.75) is 50.8 Å². The van der Waals surface area contributed by atoms with Crippen molar-refractivity contribution in [3.8, 4) is 11.5 Å². The molecule has 2 aliphatic rings. The molecule has 0 unspecified atom stereocenters. The summed E-state index contributed by atoms with van der Waals surface area (Å²) in [6, 6.07) is 5.19. The molecule has 2 atom stereocenters. The zero-order valence-corrected chi connectivity index (χ0v) is 18.3. The van der Waals surface area contributed by atoms with Gasteiger partial charge in [0.2, 0.25) is 5.91 Å². The number of methoxy groups -OCH3 is 2. The first kappa shape index (κ1) is 21.6. The number of carbonyl (C=O) groups excluding carboxylic acids is 1. The highest BCUT2D eigenvalue weighted by atomic mass is 16.5. The summed E-state index contributed by atoms with van der Waals surface area (Å²) in [7, 11) is 3.18. The number of aryl methyl sites for hydroxylation is 1. The number of carbonyl (C=O) groups is 1. The Labute approximate surface area is 182 Å². The van der Waals surface area contributed by atoms with Crippen molar-refractivity contribution in [2.24, 2.45) is 0 Å². The maximum atomic E-state index is 12.2. The summed E-state index contributed by atoms with van der Waals surface area (Å²) in [6.07, 6.45) is 2.29. The van der Waals surface area contributed by atoms with Gasteiger partial charge in [0, 0.05) is 25.7 Å². The number of morpholine rings is 1. The van der Waals surface area contributed by atoms with Gasteiger partial charge >= 0.3 is 0 Å². The van der Waals surface area contributed by atoms with E-state index in [1.54, 1.807) is 14.2 Å². The molecule has 0 spiro atoms. The number of aromatic nitrogens is 3. The third-order valence-corrected chi connectivity index (χ3v) is 5.77. The van der Waals surface area contributed by atoms with Crippen molar-refractivity contribution >= 4 is 5.91 Å². The smallest absolute Gasteiger partial charge is 0.246 e. The number of benzene rings is 1. The minimum atomic E-state index is -0.455. The van der Waals surface area contributed by atoms with E-state index in [9.17, 15) is 4.79 Å². The Morgan fingerprint density at radius 2 is 1.97 bits per heavy atom. The summed E-state index contributed by atoms with van der Waals surface area (Å²) in [5.74, 6) is 2.91. The van der Waals surface area contributed by atoms with Crippen LogP contribution >= 0.6 is 0 Å². The Kier molecular flexibility index (Phi) is 6.72. The molecule has 2 aromatic rings. The second kappa shape index (κ2) is 9.65. The van der Waals surface area contributed by atoms with Crippen molar-refractivity contribution in [3.05, 3.63) is 35.4 Å². The predicted molar refractivity (Wildman–Crippen MR) is 112 cm³/mol. The number of rotatable bonds is 7. The van der Waals surface area contributed by atoms with E-state index in [2.05, 4.69) is 12.2 Å². The van der Waals surface area contributed by atoms with Gasteiger partial charge in [-0.3, -0.25) is 4.79 Å². The molecule has 2 aliphatic heterocycles. The van der Waals surface area contributed by atoms with Crippen LogP contribution in [0.2, 0.25) is 0 Å². The topological polar surface area (TPSA) is 96.7 Å². The lowest BCUT2D eigenvalue weighted by molar-refractivity contribution is -0.138. The van der Waals surface area contributed by atoms with Crippen LogP contribution in [0.3, 0.4) is 0 Å². The van der Waals surface area contributed by atoms with Crippen molar-refractivity contribution < 1.29 is 23.7 Å². The molecule has 168 valence electrons. The quantitative estimate of drug-likeness (QED) is 0.721. The third-order valence-electron chi connectivity index (χ3n) is 5.77. The molecule has 2 fully saturated rings. The summed E-state index contributed by atoms with van der Waals surface area (Å²) in [4.78, 5) is 17.1. The average molecular weight is 431 g/mol. The van der Waals surface area contributed by atoms with Gasteiger partial charge in [-0.2, -0.15) is 5.10 Å². The molecule has 3 heterocycles. The van der Waals surface area contributed by atoms with Gasteiger partial charge < -0.3 is 24.3 Å². The zero-order valence-electron chi connectivity index (χ0n) is 18.3. The first-order valence-corrected chi connectivity index (χ1v) is 10.8. The molecule has 1 aromatic heterocycles. The number of nitrogens with one attached hydrogen (secondary N) is 1. The van der Waals surface area contributed by atoms with Gasteiger partial charge in [0.1, 0.15) is 12.7 Å². The van der Waals surface area contributed by atoms with Gasteiger partial charge in [0.15, 0.2) is 23.1 Å². The van der Waals surface area contributed by atoms with Crippen LogP contribution < -0.4 is 14.8 Å². The first-order chi connectivity index (χ1) is 15.1. The Hall–Kier alpha value is -2.65. The number of nitrogens with zero attached hydrogens (tertiary/aromatic N) is 3. The van der Waals surface area contributed by atoms with E-state index in [-0.39, 0.29) is 18.4 Å². The van der Waals surface area contributed by atoms with E-state index < -0.39 is 12.1 Å². The number of ether oxygens (including phenoxy) is 4. The number of amides is 1. The second-order valence-corrected chi connectivity index (χ2v) is 7.83. The second-order valence-electron chi connectivity index (χ2n) is 7.83. The van der Waals surface area contributed by atoms with E-state index in [0.29, 0.717) is 11.5 Å². The fraction of sp³-hybridized carbons (Fsp3) is 0.591. The Balaban J connectivity index is 1.70. The largest absolute Gasteiger partial charge is 0.493 e. The molecule has 1 N–H and O–H groups in total. The Morgan fingerprint density at radius 3 is 2.68 bits per heavy atom. The minimum Gasteiger partial charge on any atom is -0.493 e. The van der Waals surface area contributed by atoms with Gasteiger partial charge in [-0.15, -0.1) is 0 Å². The molecule has 1 aromatic carbocycles. The lowest BCUT2D eigenvalue weighted by atomic mass is 9.98. The molecular weight excluding hydrogens is 400 g/mol. The van der Waals surface area contributed by atoms with E-state index in [1.807, 2.05) is 22.9 Å². The van der Waals surface area contributed by atoms with Gasteiger partial charge in [0.25, 0.3) is 0 Å².